The van der Waals surface area contributed by atoms with E-state index in [0.717, 1.165) is 71.3 Å². The van der Waals surface area contributed by atoms with Gasteiger partial charge in [-0.1, -0.05) is 115 Å². The maximum Gasteiger partial charge on any atom is 0.166 e. The molecule has 246 valence electrons. The number of aromatic nitrogens is 4. The van der Waals surface area contributed by atoms with Crippen LogP contribution >= 0.6 is 0 Å². The van der Waals surface area contributed by atoms with Gasteiger partial charge >= 0.3 is 0 Å². The van der Waals surface area contributed by atoms with Crippen LogP contribution in [0.2, 0.25) is 0 Å². The van der Waals surface area contributed by atoms with E-state index in [1.165, 1.54) is 0 Å². The molecule has 0 spiro atoms. The van der Waals surface area contributed by atoms with Gasteiger partial charge in [0.2, 0.25) is 0 Å². The summed E-state index contributed by atoms with van der Waals surface area (Å²) >= 11 is 0. The van der Waals surface area contributed by atoms with Gasteiger partial charge in [0.05, 0.1) is 28.4 Å². The molecular weight excluding hydrogens is 655 g/mol. The first-order valence-corrected chi connectivity index (χ1v) is 17.3. The second-order valence-electron chi connectivity index (χ2n) is 13.1. The van der Waals surface area contributed by atoms with Gasteiger partial charge in [-0.15, -0.1) is 0 Å². The molecule has 0 bridgehead atoms. The molecule has 0 fully saturated rings. The second-order valence-corrected chi connectivity index (χ2v) is 13.1. The van der Waals surface area contributed by atoms with E-state index >= 15 is 0 Å². The molecule has 0 saturated carbocycles. The minimum Gasteiger partial charge on any atom is -0.456 e. The average Bonchev–Trinajstić information content (AvgIpc) is 3.89. The minimum absolute atomic E-state index is 0.392. The Hall–Kier alpha value is -7.56. The van der Waals surface area contributed by atoms with Crippen molar-refractivity contribution in [2.75, 3.05) is 0 Å². The summed E-state index contributed by atoms with van der Waals surface area (Å²) in [6.45, 7) is 0. The molecule has 0 amide bonds. The molecule has 0 aliphatic carbocycles. The van der Waals surface area contributed by atoms with Gasteiger partial charge in [0.1, 0.15) is 16.7 Å². The summed E-state index contributed by atoms with van der Waals surface area (Å²) in [6.07, 6.45) is 0. The van der Waals surface area contributed by atoms with Crippen molar-refractivity contribution in [3.63, 3.8) is 0 Å². The Kier molecular flexibility index (Phi) is 6.18. The van der Waals surface area contributed by atoms with Crippen molar-refractivity contribution in [3.8, 4) is 45.9 Å². The smallest absolute Gasteiger partial charge is 0.166 e. The second kappa shape index (κ2) is 11.2. The largest absolute Gasteiger partial charge is 0.456 e. The molecule has 7 nitrogen and oxygen atoms in total. The molecule has 0 aliphatic heterocycles. The van der Waals surface area contributed by atoms with Gasteiger partial charge in [-0.05, 0) is 30.3 Å². The molecule has 11 aromatic rings. The summed E-state index contributed by atoms with van der Waals surface area (Å²) in [5, 5.41) is 16.9. The standard InChI is InChI=1S/C46H25N5O2/c47-26-29-23-37(51-35-20-10-7-17-30(35)33-24-34-31-18-8-11-21-38(31)52-40(34)25-36(33)51)43-42(32-19-9-12-22-39(32)53-43)41(29)46-49-44(27-13-3-1-4-14-27)48-45(50-46)28-15-5-2-6-16-28/h1-25H. The molecule has 7 aromatic carbocycles. The van der Waals surface area contributed by atoms with Crippen molar-refractivity contribution in [1.82, 2.24) is 19.5 Å². The highest BCUT2D eigenvalue weighted by atomic mass is 16.3. The maximum atomic E-state index is 11.0. The van der Waals surface area contributed by atoms with E-state index < -0.39 is 0 Å². The zero-order chi connectivity index (χ0) is 35.0. The predicted molar refractivity (Wildman–Crippen MR) is 210 cm³/mol. The van der Waals surface area contributed by atoms with Gasteiger partial charge in [-0.3, -0.25) is 0 Å². The molecule has 0 atom stereocenters. The summed E-state index contributed by atoms with van der Waals surface area (Å²) in [7, 11) is 0. The van der Waals surface area contributed by atoms with Crippen LogP contribution in [0.4, 0.5) is 0 Å². The van der Waals surface area contributed by atoms with Crippen LogP contribution < -0.4 is 0 Å². The molecule has 4 heterocycles. The summed E-state index contributed by atoms with van der Waals surface area (Å²) < 4.78 is 15.4. The van der Waals surface area contributed by atoms with Crippen LogP contribution in [-0.4, -0.2) is 19.5 Å². The highest BCUT2D eigenvalue weighted by molar-refractivity contribution is 6.20. The van der Waals surface area contributed by atoms with Crippen molar-refractivity contribution in [3.05, 3.63) is 157 Å². The van der Waals surface area contributed by atoms with Crippen molar-refractivity contribution in [2.45, 2.75) is 0 Å². The Morgan fingerprint density at radius 1 is 0.472 bits per heavy atom. The Balaban J connectivity index is 1.26. The van der Waals surface area contributed by atoms with Crippen LogP contribution in [0.25, 0.3) is 106 Å². The van der Waals surface area contributed by atoms with Crippen molar-refractivity contribution < 1.29 is 8.83 Å². The first kappa shape index (κ1) is 29.2. The topological polar surface area (TPSA) is 93.7 Å². The minimum atomic E-state index is 0.392. The van der Waals surface area contributed by atoms with Gasteiger partial charge in [-0.25, -0.2) is 15.0 Å². The van der Waals surface area contributed by atoms with Crippen LogP contribution in [0.5, 0.6) is 0 Å². The lowest BCUT2D eigenvalue weighted by atomic mass is 9.98. The number of nitriles is 1. The normalized spacial score (nSPS) is 11.8. The van der Waals surface area contributed by atoms with E-state index in [9.17, 15) is 5.26 Å². The van der Waals surface area contributed by atoms with Crippen molar-refractivity contribution >= 4 is 65.7 Å². The third-order valence-electron chi connectivity index (χ3n) is 10.1. The van der Waals surface area contributed by atoms with Crippen LogP contribution in [0.15, 0.2) is 160 Å². The fourth-order valence-corrected chi connectivity index (χ4v) is 7.74. The molecule has 4 aromatic heterocycles. The van der Waals surface area contributed by atoms with E-state index in [1.54, 1.807) is 0 Å². The Bertz CT molecular complexity index is 3240. The number of benzene rings is 7. The third kappa shape index (κ3) is 4.36. The Morgan fingerprint density at radius 3 is 1.75 bits per heavy atom. The highest BCUT2D eigenvalue weighted by Crippen LogP contribution is 2.45. The van der Waals surface area contributed by atoms with Gasteiger partial charge in [0.15, 0.2) is 23.1 Å². The molecule has 53 heavy (non-hydrogen) atoms. The fourth-order valence-electron chi connectivity index (χ4n) is 7.74. The van der Waals surface area contributed by atoms with E-state index in [4.69, 9.17) is 23.8 Å². The van der Waals surface area contributed by atoms with Crippen LogP contribution in [0.3, 0.4) is 0 Å². The number of fused-ring (bicyclic) bond motifs is 9. The summed E-state index contributed by atoms with van der Waals surface area (Å²) in [4.78, 5) is 15.0. The molecule has 7 heteroatoms. The van der Waals surface area contributed by atoms with Crippen molar-refractivity contribution in [1.29, 1.82) is 5.26 Å². The van der Waals surface area contributed by atoms with E-state index in [-0.39, 0.29) is 0 Å². The fraction of sp³-hybridized carbons (Fsp3) is 0. The molecule has 0 aliphatic rings. The molecule has 11 rings (SSSR count). The highest BCUT2D eigenvalue weighted by Gasteiger charge is 2.26. The molecule has 0 saturated heterocycles. The molecular formula is C46H25N5O2. The zero-order valence-corrected chi connectivity index (χ0v) is 28.0. The average molecular weight is 680 g/mol. The molecule has 0 unspecified atom stereocenters. The lowest BCUT2D eigenvalue weighted by Crippen LogP contribution is -2.03. The number of hydrogen-bond donors (Lipinski definition) is 0. The monoisotopic (exact) mass is 679 g/mol. The van der Waals surface area contributed by atoms with Gasteiger partial charge in [0, 0.05) is 55.1 Å². The van der Waals surface area contributed by atoms with E-state index in [0.29, 0.717) is 39.8 Å². The van der Waals surface area contributed by atoms with Crippen LogP contribution in [-0.2, 0) is 0 Å². The number of para-hydroxylation sites is 3. The van der Waals surface area contributed by atoms with Gasteiger partial charge < -0.3 is 13.4 Å². The summed E-state index contributed by atoms with van der Waals surface area (Å²) in [6, 6.07) is 52.8. The summed E-state index contributed by atoms with van der Waals surface area (Å²) in [5.74, 6) is 1.42. The zero-order valence-electron chi connectivity index (χ0n) is 28.0. The quantitative estimate of drug-likeness (QED) is 0.184. The van der Waals surface area contributed by atoms with E-state index in [2.05, 4.69) is 47.0 Å². The van der Waals surface area contributed by atoms with Gasteiger partial charge in [-0.2, -0.15) is 5.26 Å². The third-order valence-corrected chi connectivity index (χ3v) is 10.1. The lowest BCUT2D eigenvalue weighted by Gasteiger charge is -2.14. The van der Waals surface area contributed by atoms with Crippen molar-refractivity contribution in [2.24, 2.45) is 0 Å². The number of hydrogen-bond acceptors (Lipinski definition) is 6. The Labute approximate surface area is 301 Å². The first-order valence-electron chi connectivity index (χ1n) is 17.3. The number of nitrogens with zero attached hydrogens (tertiary/aromatic N) is 5. The maximum absolute atomic E-state index is 11.0. The molecule has 0 radical (unpaired) electrons. The number of furan rings is 2. The van der Waals surface area contributed by atoms with Gasteiger partial charge in [0.25, 0.3) is 0 Å². The summed E-state index contributed by atoms with van der Waals surface area (Å²) in [5.41, 5.74) is 8.29. The molecule has 0 N–H and O–H groups in total. The Morgan fingerprint density at radius 2 is 1.06 bits per heavy atom. The predicted octanol–water partition coefficient (Wildman–Crippen LogP) is 11.6. The number of rotatable bonds is 4. The first-order chi connectivity index (χ1) is 26.2. The van der Waals surface area contributed by atoms with Crippen LogP contribution in [0, 0.1) is 11.3 Å². The van der Waals surface area contributed by atoms with Crippen LogP contribution in [0.1, 0.15) is 5.56 Å². The lowest BCUT2D eigenvalue weighted by molar-refractivity contribution is 0.665. The SMILES string of the molecule is N#Cc1cc(-n2c3ccccc3c3cc4c(cc32)oc2ccccc24)c2oc3ccccc3c2c1-c1nc(-c2ccccc2)nc(-c2ccccc2)n1. The van der Waals surface area contributed by atoms with E-state index in [1.807, 2.05) is 115 Å².